The Morgan fingerprint density at radius 1 is 1.19 bits per heavy atom. The number of halogens is 5. The highest BCUT2D eigenvalue weighted by Crippen LogP contribution is 2.32. The molecule has 0 bridgehead atoms. The van der Waals surface area contributed by atoms with Crippen LogP contribution >= 0.6 is 0 Å². The molecule has 5 nitrogen and oxygen atoms in total. The van der Waals surface area contributed by atoms with Crippen molar-refractivity contribution in [3.05, 3.63) is 57.3 Å². The van der Waals surface area contributed by atoms with Crippen molar-refractivity contribution in [2.75, 3.05) is 0 Å². The quantitative estimate of drug-likeness (QED) is 0.682. The van der Waals surface area contributed by atoms with Crippen LogP contribution in [0, 0.1) is 0 Å². The Bertz CT molecular complexity index is 1020. The van der Waals surface area contributed by atoms with E-state index in [1.807, 2.05) is 0 Å². The molecule has 3 aromatic rings. The molecule has 1 atom stereocenters. The molecule has 1 aromatic carbocycles. The van der Waals surface area contributed by atoms with Gasteiger partial charge in [-0.05, 0) is 24.6 Å². The summed E-state index contributed by atoms with van der Waals surface area (Å²) in [5.41, 5.74) is -1.87. The van der Waals surface area contributed by atoms with Crippen LogP contribution in [0.2, 0.25) is 0 Å². The molecule has 10 heteroatoms. The summed E-state index contributed by atoms with van der Waals surface area (Å²) in [7, 11) is 0. The van der Waals surface area contributed by atoms with Crippen molar-refractivity contribution in [2.45, 2.75) is 38.9 Å². The summed E-state index contributed by atoms with van der Waals surface area (Å²) < 4.78 is 66.0. The lowest BCUT2D eigenvalue weighted by molar-refractivity contribution is -0.137. The SMILES string of the molecule is CCc1nc2c(c(C(F)F)nn2[C@H](C)c2ccc(C(F)(F)F)cc2)c(=O)[nH]1. The highest BCUT2D eigenvalue weighted by molar-refractivity contribution is 5.77. The molecule has 0 aliphatic heterocycles. The van der Waals surface area contributed by atoms with Crippen molar-refractivity contribution in [2.24, 2.45) is 0 Å². The number of rotatable bonds is 4. The molecule has 0 aliphatic carbocycles. The molecule has 144 valence electrons. The average molecular weight is 386 g/mol. The molecule has 3 rings (SSSR count). The third kappa shape index (κ3) is 3.43. The summed E-state index contributed by atoms with van der Waals surface area (Å²) in [5, 5.41) is 3.52. The maximum Gasteiger partial charge on any atom is 0.416 e. The molecular weight excluding hydrogens is 371 g/mol. The zero-order valence-electron chi connectivity index (χ0n) is 14.3. The van der Waals surface area contributed by atoms with Gasteiger partial charge in [-0.1, -0.05) is 19.1 Å². The van der Waals surface area contributed by atoms with Gasteiger partial charge >= 0.3 is 6.18 Å². The van der Waals surface area contributed by atoms with E-state index in [1.165, 1.54) is 12.1 Å². The number of benzene rings is 1. The third-order valence-electron chi connectivity index (χ3n) is 4.27. The molecule has 0 unspecified atom stereocenters. The number of aryl methyl sites for hydroxylation is 1. The van der Waals surface area contributed by atoms with Gasteiger partial charge in [0.25, 0.3) is 12.0 Å². The van der Waals surface area contributed by atoms with Crippen LogP contribution < -0.4 is 5.56 Å². The van der Waals surface area contributed by atoms with Crippen LogP contribution in [0.5, 0.6) is 0 Å². The second kappa shape index (κ2) is 6.75. The average Bonchev–Trinajstić information content (AvgIpc) is 3.00. The Labute approximate surface area is 149 Å². The van der Waals surface area contributed by atoms with Crippen molar-refractivity contribution in [3.63, 3.8) is 0 Å². The minimum Gasteiger partial charge on any atom is -0.310 e. The minimum absolute atomic E-state index is 0.0294. The number of hydrogen-bond donors (Lipinski definition) is 1. The Morgan fingerprint density at radius 3 is 2.33 bits per heavy atom. The monoisotopic (exact) mass is 386 g/mol. The number of nitrogens with one attached hydrogen (secondary N) is 1. The summed E-state index contributed by atoms with van der Waals surface area (Å²) >= 11 is 0. The summed E-state index contributed by atoms with van der Waals surface area (Å²) in [4.78, 5) is 18.8. The Morgan fingerprint density at radius 2 is 1.81 bits per heavy atom. The van der Waals surface area contributed by atoms with Crippen LogP contribution in [-0.2, 0) is 12.6 Å². The number of hydrogen-bond acceptors (Lipinski definition) is 3. The summed E-state index contributed by atoms with van der Waals surface area (Å²) in [6, 6.07) is 3.60. The van der Waals surface area contributed by atoms with Gasteiger partial charge in [-0.2, -0.15) is 18.3 Å². The first kappa shape index (κ1) is 19.0. The second-order valence-corrected chi connectivity index (χ2v) is 5.99. The first-order valence-corrected chi connectivity index (χ1v) is 8.10. The molecule has 2 heterocycles. The van der Waals surface area contributed by atoms with E-state index in [4.69, 9.17) is 0 Å². The maximum atomic E-state index is 13.3. The van der Waals surface area contributed by atoms with E-state index >= 15 is 0 Å². The zero-order valence-corrected chi connectivity index (χ0v) is 14.3. The number of nitrogens with zero attached hydrogens (tertiary/aromatic N) is 3. The van der Waals surface area contributed by atoms with Crippen LogP contribution in [-0.4, -0.2) is 19.7 Å². The maximum absolute atomic E-state index is 13.3. The fourth-order valence-corrected chi connectivity index (χ4v) is 2.80. The van der Waals surface area contributed by atoms with Gasteiger partial charge in [0.05, 0.1) is 11.6 Å². The van der Waals surface area contributed by atoms with Gasteiger partial charge in [-0.15, -0.1) is 0 Å². The van der Waals surface area contributed by atoms with Gasteiger partial charge in [-0.3, -0.25) is 4.79 Å². The molecular formula is C17H15F5N4O. The molecule has 27 heavy (non-hydrogen) atoms. The predicted octanol–water partition coefficient (Wildman–Crippen LogP) is 4.25. The summed E-state index contributed by atoms with van der Waals surface area (Å²) in [5.74, 6) is 0.300. The highest BCUT2D eigenvalue weighted by atomic mass is 19.4. The van der Waals surface area contributed by atoms with Crippen molar-refractivity contribution < 1.29 is 22.0 Å². The van der Waals surface area contributed by atoms with Crippen molar-refractivity contribution in [3.8, 4) is 0 Å². The van der Waals surface area contributed by atoms with Crippen molar-refractivity contribution >= 4 is 11.0 Å². The molecule has 0 saturated heterocycles. The number of H-pyrrole nitrogens is 1. The lowest BCUT2D eigenvalue weighted by atomic mass is 10.1. The standard InChI is InChI=1S/C17H15F5N4O/c1-3-11-23-15-12(16(27)24-11)13(14(18)19)25-26(15)8(2)9-4-6-10(7-5-9)17(20,21)22/h4-8,14H,3H2,1-2H3,(H,23,24,27)/t8-/m1/s1. The largest absolute Gasteiger partial charge is 0.416 e. The van der Waals surface area contributed by atoms with Crippen LogP contribution in [0.15, 0.2) is 29.1 Å². The number of aromatic amines is 1. The number of fused-ring (bicyclic) bond motifs is 1. The van der Waals surface area contributed by atoms with Crippen molar-refractivity contribution in [1.82, 2.24) is 19.7 Å². The smallest absolute Gasteiger partial charge is 0.310 e. The van der Waals surface area contributed by atoms with Crippen molar-refractivity contribution in [1.29, 1.82) is 0 Å². The molecule has 1 N–H and O–H groups in total. The Hall–Kier alpha value is -2.78. The number of aromatic nitrogens is 4. The Kier molecular flexibility index (Phi) is 4.75. The topological polar surface area (TPSA) is 63.6 Å². The molecule has 0 amide bonds. The van der Waals surface area contributed by atoms with Crippen LogP contribution in [0.1, 0.15) is 49.0 Å². The lowest BCUT2D eigenvalue weighted by Crippen LogP contribution is -2.14. The first-order valence-electron chi connectivity index (χ1n) is 8.10. The molecule has 0 radical (unpaired) electrons. The van der Waals surface area contributed by atoms with Gasteiger partial charge in [0.2, 0.25) is 0 Å². The van der Waals surface area contributed by atoms with E-state index < -0.39 is 35.5 Å². The number of alkyl halides is 5. The third-order valence-corrected chi connectivity index (χ3v) is 4.27. The van der Waals surface area contributed by atoms with Gasteiger partial charge in [0, 0.05) is 6.42 Å². The summed E-state index contributed by atoms with van der Waals surface area (Å²) in [6.45, 7) is 3.32. The second-order valence-electron chi connectivity index (χ2n) is 5.99. The van der Waals surface area contributed by atoms with E-state index in [2.05, 4.69) is 15.1 Å². The van der Waals surface area contributed by atoms with Gasteiger partial charge in [-0.25, -0.2) is 18.4 Å². The van der Waals surface area contributed by atoms with E-state index in [0.29, 0.717) is 17.8 Å². The summed E-state index contributed by atoms with van der Waals surface area (Å²) in [6.07, 6.45) is -7.10. The fraction of sp³-hybridized carbons (Fsp3) is 0.353. The minimum atomic E-state index is -4.48. The fourth-order valence-electron chi connectivity index (χ4n) is 2.80. The predicted molar refractivity (Wildman–Crippen MR) is 87.7 cm³/mol. The molecule has 0 aliphatic rings. The first-order chi connectivity index (χ1) is 12.6. The van der Waals surface area contributed by atoms with E-state index in [9.17, 15) is 26.7 Å². The van der Waals surface area contributed by atoms with E-state index in [0.717, 1.165) is 16.8 Å². The highest BCUT2D eigenvalue weighted by Gasteiger charge is 2.30. The van der Waals surface area contributed by atoms with Gasteiger partial charge in [0.1, 0.15) is 16.9 Å². The zero-order chi connectivity index (χ0) is 19.9. The molecule has 2 aromatic heterocycles. The Balaban J connectivity index is 2.15. The normalized spacial score (nSPS) is 13.5. The van der Waals surface area contributed by atoms with Crippen LogP contribution in [0.3, 0.4) is 0 Å². The van der Waals surface area contributed by atoms with Gasteiger partial charge in [0.15, 0.2) is 5.65 Å². The lowest BCUT2D eigenvalue weighted by Gasteiger charge is -2.15. The molecule has 0 saturated carbocycles. The van der Waals surface area contributed by atoms with E-state index in [1.54, 1.807) is 13.8 Å². The molecule has 0 fully saturated rings. The van der Waals surface area contributed by atoms with Gasteiger partial charge < -0.3 is 4.98 Å². The van der Waals surface area contributed by atoms with E-state index in [-0.39, 0.29) is 11.0 Å². The van der Waals surface area contributed by atoms with Crippen LogP contribution in [0.25, 0.3) is 11.0 Å². The molecule has 0 spiro atoms. The van der Waals surface area contributed by atoms with Crippen LogP contribution in [0.4, 0.5) is 22.0 Å².